The molecule has 1 aliphatic carbocycles. The van der Waals surface area contributed by atoms with Gasteiger partial charge in [-0.3, -0.25) is 9.97 Å². The quantitative estimate of drug-likeness (QED) is 0.177. The van der Waals surface area contributed by atoms with Gasteiger partial charge >= 0.3 is 0 Å². The third-order valence-electron chi connectivity index (χ3n) is 14.7. The molecule has 5 nitrogen and oxygen atoms in total. The van der Waals surface area contributed by atoms with Crippen LogP contribution in [-0.2, 0) is 16.2 Å². The molecule has 3 aliphatic heterocycles. The summed E-state index contributed by atoms with van der Waals surface area (Å²) in [5.74, 6) is 0. The van der Waals surface area contributed by atoms with Crippen molar-refractivity contribution in [3.63, 3.8) is 0 Å². The van der Waals surface area contributed by atoms with Gasteiger partial charge in [-0.05, 0) is 112 Å². The maximum Gasteiger partial charge on any atom is 0.0944 e. The van der Waals surface area contributed by atoms with Gasteiger partial charge < -0.3 is 14.7 Å². The molecule has 4 aliphatic rings. The van der Waals surface area contributed by atoms with E-state index in [1.807, 2.05) is 12.4 Å². The van der Waals surface area contributed by atoms with Crippen LogP contribution in [0.3, 0.4) is 0 Å². The number of rotatable bonds is 3. The number of benzene rings is 8. The molecule has 0 atom stereocenters. The highest BCUT2D eigenvalue weighted by molar-refractivity contribution is 5.98. The van der Waals surface area contributed by atoms with Crippen molar-refractivity contribution in [1.29, 1.82) is 0 Å². The lowest BCUT2D eigenvalue weighted by Crippen LogP contribution is -2.38. The Hall–Kier alpha value is -7.76. The number of nitrogens with zero attached hydrogens (tertiary/aromatic N) is 5. The smallest absolute Gasteiger partial charge is 0.0944 e. The first-order valence-electron chi connectivity index (χ1n) is 22.3. The largest absolute Gasteiger partial charge is 0.310 e. The van der Waals surface area contributed by atoms with Crippen LogP contribution >= 0.6 is 0 Å². The summed E-state index contributed by atoms with van der Waals surface area (Å²) in [6.07, 6.45) is 3.72. The molecule has 0 unspecified atom stereocenters. The van der Waals surface area contributed by atoms with Crippen molar-refractivity contribution in [3.05, 3.63) is 245 Å². The summed E-state index contributed by atoms with van der Waals surface area (Å²) in [5, 5.41) is 0. The van der Waals surface area contributed by atoms with E-state index in [1.54, 1.807) is 0 Å². The Kier molecular flexibility index (Phi) is 7.56. The minimum atomic E-state index is -0.829. The highest BCUT2D eigenvalue weighted by Crippen LogP contribution is 2.65. The summed E-state index contributed by atoms with van der Waals surface area (Å²) in [7, 11) is 0. The third-order valence-corrected chi connectivity index (χ3v) is 14.7. The van der Waals surface area contributed by atoms with Crippen LogP contribution in [-0.4, -0.2) is 9.97 Å². The SMILES string of the molecule is CC1(C)c2ccccc2N(c2ccc3c(c2)C2(c4ccccc4-c4nccnc42)c2cc(N4c5ccccc5C(C)(C)c5ccccc54)ccc2N3c2ccccc2)c2ccccc21. The first-order valence-corrected chi connectivity index (χ1v) is 22.3. The average Bonchev–Trinajstić information content (AvgIpc) is 3.63. The Morgan fingerprint density at radius 1 is 0.328 bits per heavy atom. The molecule has 0 saturated carbocycles. The minimum absolute atomic E-state index is 0.182. The van der Waals surface area contributed by atoms with Gasteiger partial charge in [-0.25, -0.2) is 0 Å². The van der Waals surface area contributed by atoms with Gasteiger partial charge in [-0.1, -0.05) is 143 Å². The van der Waals surface area contributed by atoms with E-state index < -0.39 is 5.41 Å². The summed E-state index contributed by atoms with van der Waals surface area (Å²) < 4.78 is 0. The number of fused-ring (bicyclic) bond motifs is 13. The average molecular weight is 824 g/mol. The molecule has 0 saturated heterocycles. The molecule has 0 radical (unpaired) electrons. The predicted octanol–water partition coefficient (Wildman–Crippen LogP) is 14.8. The second-order valence-electron chi connectivity index (χ2n) is 18.6. The second kappa shape index (κ2) is 13.1. The van der Waals surface area contributed by atoms with Crippen LogP contribution in [0.2, 0.25) is 0 Å². The third kappa shape index (κ3) is 4.73. The molecule has 0 fully saturated rings. The molecule has 1 spiro atoms. The molecule has 9 aromatic rings. The first-order chi connectivity index (χ1) is 31.3. The Labute approximate surface area is 374 Å². The molecule has 0 amide bonds. The lowest BCUT2D eigenvalue weighted by molar-refractivity contribution is 0.632. The second-order valence-corrected chi connectivity index (χ2v) is 18.6. The number of hydrogen-bond acceptors (Lipinski definition) is 5. The van der Waals surface area contributed by atoms with Crippen molar-refractivity contribution in [1.82, 2.24) is 9.97 Å². The van der Waals surface area contributed by atoms with E-state index in [-0.39, 0.29) is 10.8 Å². The molecular formula is C59H45N5. The van der Waals surface area contributed by atoms with Gasteiger partial charge in [0.25, 0.3) is 0 Å². The number of anilines is 9. The topological polar surface area (TPSA) is 35.5 Å². The lowest BCUT2D eigenvalue weighted by atomic mass is 9.65. The summed E-state index contributed by atoms with van der Waals surface area (Å²) >= 11 is 0. The van der Waals surface area contributed by atoms with Crippen LogP contribution in [0.1, 0.15) is 72.3 Å². The molecule has 0 N–H and O–H groups in total. The van der Waals surface area contributed by atoms with Crippen LogP contribution in [0.4, 0.5) is 51.2 Å². The molecule has 1 aromatic heterocycles. The highest BCUT2D eigenvalue weighted by atomic mass is 15.2. The zero-order valence-electron chi connectivity index (χ0n) is 36.3. The van der Waals surface area contributed by atoms with Gasteiger partial charge in [-0.15, -0.1) is 0 Å². The van der Waals surface area contributed by atoms with Gasteiger partial charge in [0, 0.05) is 45.8 Å². The van der Waals surface area contributed by atoms with Crippen molar-refractivity contribution < 1.29 is 0 Å². The van der Waals surface area contributed by atoms with Crippen LogP contribution in [0.25, 0.3) is 11.3 Å². The van der Waals surface area contributed by atoms with E-state index in [0.29, 0.717) is 0 Å². The summed E-state index contributed by atoms with van der Waals surface area (Å²) in [4.78, 5) is 18.0. The van der Waals surface area contributed by atoms with E-state index in [0.717, 1.165) is 56.5 Å². The van der Waals surface area contributed by atoms with Crippen molar-refractivity contribution in [2.24, 2.45) is 0 Å². The van der Waals surface area contributed by atoms with Crippen LogP contribution in [0, 0.1) is 0 Å². The fourth-order valence-electron chi connectivity index (χ4n) is 11.8. The Morgan fingerprint density at radius 2 is 0.703 bits per heavy atom. The number of hydrogen-bond donors (Lipinski definition) is 0. The Morgan fingerprint density at radius 3 is 1.19 bits per heavy atom. The number of aromatic nitrogens is 2. The Balaban J connectivity index is 1.15. The maximum absolute atomic E-state index is 5.40. The van der Waals surface area contributed by atoms with Crippen molar-refractivity contribution in [3.8, 4) is 11.3 Å². The summed E-state index contributed by atoms with van der Waals surface area (Å²) in [6.45, 7) is 9.39. The number of para-hydroxylation sites is 5. The molecule has 13 rings (SSSR count). The van der Waals surface area contributed by atoms with Gasteiger partial charge in [-0.2, -0.15) is 0 Å². The lowest BCUT2D eigenvalue weighted by Gasteiger charge is -2.46. The maximum atomic E-state index is 5.40. The van der Waals surface area contributed by atoms with Crippen LogP contribution in [0.5, 0.6) is 0 Å². The van der Waals surface area contributed by atoms with E-state index >= 15 is 0 Å². The van der Waals surface area contributed by atoms with Crippen LogP contribution in [0.15, 0.2) is 200 Å². The first kappa shape index (κ1) is 36.9. The molecule has 306 valence electrons. The molecule has 4 heterocycles. The minimum Gasteiger partial charge on any atom is -0.310 e. The van der Waals surface area contributed by atoms with Crippen molar-refractivity contribution >= 4 is 51.2 Å². The molecule has 5 heteroatoms. The van der Waals surface area contributed by atoms with Gasteiger partial charge in [0.05, 0.1) is 50.9 Å². The van der Waals surface area contributed by atoms with Crippen molar-refractivity contribution in [2.45, 2.75) is 43.9 Å². The van der Waals surface area contributed by atoms with E-state index in [4.69, 9.17) is 9.97 Å². The zero-order chi connectivity index (χ0) is 43.0. The predicted molar refractivity (Wildman–Crippen MR) is 261 cm³/mol. The van der Waals surface area contributed by atoms with Crippen LogP contribution < -0.4 is 14.7 Å². The Bertz CT molecular complexity index is 3080. The highest BCUT2D eigenvalue weighted by Gasteiger charge is 2.54. The summed E-state index contributed by atoms with van der Waals surface area (Å²) in [6, 6.07) is 69.6. The zero-order valence-corrected chi connectivity index (χ0v) is 36.3. The summed E-state index contributed by atoms with van der Waals surface area (Å²) in [5.41, 5.74) is 20.7. The fraction of sp³-hybridized carbons (Fsp3) is 0.119. The van der Waals surface area contributed by atoms with Gasteiger partial charge in [0.2, 0.25) is 0 Å². The normalized spacial score (nSPS) is 16.1. The van der Waals surface area contributed by atoms with Gasteiger partial charge in [0.15, 0.2) is 0 Å². The van der Waals surface area contributed by atoms with E-state index in [2.05, 4.69) is 230 Å². The van der Waals surface area contributed by atoms with Crippen molar-refractivity contribution in [2.75, 3.05) is 14.7 Å². The molecule has 0 bridgehead atoms. The monoisotopic (exact) mass is 823 g/mol. The van der Waals surface area contributed by atoms with E-state index in [9.17, 15) is 0 Å². The molecule has 8 aromatic carbocycles. The molecular weight excluding hydrogens is 779 g/mol. The van der Waals surface area contributed by atoms with Gasteiger partial charge in [0.1, 0.15) is 0 Å². The fourth-order valence-corrected chi connectivity index (χ4v) is 11.8. The standard InChI is InChI=1S/C59H45N5/c1-57(2)43-22-10-14-26-49(43)63(50-27-15-11-23-44(50)57)39-30-32-53-47(36-39)59(42-21-9-8-20-41(42)55-56(59)61-35-34-60-55)48-37-40(31-33-54(48)62(53)38-18-6-5-7-19-38)64-51-28-16-12-24-45(51)58(3,4)46-25-13-17-29-52(46)64/h5-37H,1-4H3. The molecule has 64 heavy (non-hydrogen) atoms. The van der Waals surface area contributed by atoms with E-state index in [1.165, 1.54) is 50.6 Å².